The van der Waals surface area contributed by atoms with E-state index >= 15 is 0 Å². The number of aromatic nitrogens is 3. The Balaban J connectivity index is 0.00000729. The van der Waals surface area contributed by atoms with Crippen molar-refractivity contribution in [2.45, 2.75) is 71.9 Å². The first-order valence-corrected chi connectivity index (χ1v) is 21.0. The van der Waals surface area contributed by atoms with Crippen molar-refractivity contribution in [2.24, 2.45) is 0 Å². The Morgan fingerprint density at radius 1 is 0.594 bits per heavy atom. The number of aromatic hydroxyl groups is 1. The number of fused-ring (bicyclic) bond motifs is 1. The maximum Gasteiger partial charge on any atom is 0.148 e. The van der Waals surface area contributed by atoms with Gasteiger partial charge in [-0.05, 0) is 92.1 Å². The molecule has 0 amide bonds. The topological polar surface area (TPSA) is 50.9 Å². The van der Waals surface area contributed by atoms with Gasteiger partial charge in [-0.3, -0.25) is 9.55 Å². The standard InChI is InChI=1S/C59H54N3O.Pt/c1-38(2)39-22-24-41(25-23-39)43-30-31-60-52(35-43)46-33-44(40-16-11-9-12-17-40)32-45(34-46)49-20-15-21-54-56(49)61-57(51-37-48(59(6,7)8)27-29-55(51)63)62(54)53-28-26-47(58(3,4)5)36-50(53)42-18-13-10-14-19-42;/h9-33,35-38,63H,1-8H3;/q-1;/i6D3,7D3,8D3,38D;. The zero-order valence-corrected chi connectivity index (χ0v) is 38.5. The van der Waals surface area contributed by atoms with Crippen LogP contribution >= 0.6 is 0 Å². The van der Waals surface area contributed by atoms with E-state index < -0.39 is 37.4 Å². The predicted molar refractivity (Wildman–Crippen MR) is 263 cm³/mol. The Morgan fingerprint density at radius 2 is 1.23 bits per heavy atom. The molecule has 9 rings (SSSR count). The Morgan fingerprint density at radius 3 is 1.92 bits per heavy atom. The summed E-state index contributed by atoms with van der Waals surface area (Å²) in [6, 6.07) is 54.6. The third-order valence-corrected chi connectivity index (χ3v) is 11.6. The van der Waals surface area contributed by atoms with Gasteiger partial charge in [-0.15, -0.1) is 23.8 Å². The average Bonchev–Trinajstić information content (AvgIpc) is 3.72. The number of hydrogen-bond acceptors (Lipinski definition) is 3. The van der Waals surface area contributed by atoms with E-state index in [0.29, 0.717) is 39.1 Å². The summed E-state index contributed by atoms with van der Waals surface area (Å²) in [4.78, 5) is 10.2. The van der Waals surface area contributed by atoms with E-state index in [4.69, 9.17) is 23.7 Å². The Bertz CT molecular complexity index is 3460. The predicted octanol–water partition coefficient (Wildman–Crippen LogP) is 15.6. The van der Waals surface area contributed by atoms with Crippen molar-refractivity contribution in [1.82, 2.24) is 14.5 Å². The van der Waals surface area contributed by atoms with E-state index in [1.165, 1.54) is 0 Å². The molecule has 5 heteroatoms. The molecular formula is C59H54N3OPt-. The monoisotopic (exact) mass is 1030 g/mol. The van der Waals surface area contributed by atoms with Crippen LogP contribution < -0.4 is 0 Å². The molecule has 64 heavy (non-hydrogen) atoms. The molecule has 322 valence electrons. The number of hydrogen-bond donors (Lipinski definition) is 1. The second-order valence-electron chi connectivity index (χ2n) is 17.3. The molecule has 0 atom stereocenters. The number of imidazole rings is 1. The van der Waals surface area contributed by atoms with Crippen molar-refractivity contribution in [2.75, 3.05) is 0 Å². The van der Waals surface area contributed by atoms with Crippen LogP contribution in [-0.4, -0.2) is 19.6 Å². The zero-order chi connectivity index (χ0) is 52.5. The van der Waals surface area contributed by atoms with Crippen molar-refractivity contribution in [3.8, 4) is 78.6 Å². The Kier molecular flexibility index (Phi) is 9.16. The van der Waals surface area contributed by atoms with Gasteiger partial charge in [0, 0.05) is 52.2 Å². The molecule has 0 bridgehead atoms. The summed E-state index contributed by atoms with van der Waals surface area (Å²) >= 11 is 0. The van der Waals surface area contributed by atoms with Gasteiger partial charge in [-0.1, -0.05) is 187 Å². The average molecular weight is 1030 g/mol. The summed E-state index contributed by atoms with van der Waals surface area (Å²) in [6.45, 7) is -0.576. The van der Waals surface area contributed by atoms with Crippen molar-refractivity contribution in [3.63, 3.8) is 0 Å². The molecule has 0 unspecified atom stereocenters. The summed E-state index contributed by atoms with van der Waals surface area (Å²) < 4.78 is 87.4. The van der Waals surface area contributed by atoms with Gasteiger partial charge in [0.05, 0.1) is 22.3 Å². The van der Waals surface area contributed by atoms with Crippen LogP contribution in [0.15, 0.2) is 170 Å². The second kappa shape index (κ2) is 17.7. The first-order chi connectivity index (χ1) is 34.3. The van der Waals surface area contributed by atoms with Crippen molar-refractivity contribution >= 4 is 11.0 Å². The number of nitrogens with zero attached hydrogens (tertiary/aromatic N) is 3. The molecule has 0 saturated carbocycles. The van der Waals surface area contributed by atoms with Crippen LogP contribution in [0.3, 0.4) is 0 Å². The maximum absolute atomic E-state index is 12.0. The molecule has 0 saturated heterocycles. The van der Waals surface area contributed by atoms with E-state index in [1.807, 2.05) is 158 Å². The summed E-state index contributed by atoms with van der Waals surface area (Å²) in [5, 5.41) is 12.0. The SMILES string of the molecule is [2H]C(C)(C)c1ccc(-c2ccnc(-c3[c-]c(-c4cccc5c4nc(-c4cc(C(C([2H])([2H])[2H])(C([2H])([2H])[2H])C([2H])([2H])[2H])ccc4O)n5-c4ccc(C(C)(C)C)cc4-c4ccccc4)cc(-c4ccccc4)c3)c2)cc1.[Pt]. The first-order valence-electron chi connectivity index (χ1n) is 26.0. The summed E-state index contributed by atoms with van der Waals surface area (Å²) in [6.07, 6.45) is 1.76. The van der Waals surface area contributed by atoms with Gasteiger partial charge in [-0.25, -0.2) is 4.98 Å². The van der Waals surface area contributed by atoms with Crippen molar-refractivity contribution in [1.29, 1.82) is 0 Å². The third kappa shape index (κ3) is 8.77. The molecule has 0 aliphatic heterocycles. The molecule has 0 radical (unpaired) electrons. The Labute approximate surface area is 407 Å². The molecule has 2 aromatic heterocycles. The molecular weight excluding hydrogens is 962 g/mol. The first kappa shape index (κ1) is 33.2. The van der Waals surface area contributed by atoms with E-state index in [0.717, 1.165) is 62.7 Å². The largest absolute Gasteiger partial charge is 0.507 e. The fourth-order valence-electron chi connectivity index (χ4n) is 8.14. The van der Waals surface area contributed by atoms with Gasteiger partial charge in [0.1, 0.15) is 11.6 Å². The van der Waals surface area contributed by atoms with E-state index in [2.05, 4.69) is 32.9 Å². The van der Waals surface area contributed by atoms with Crippen LogP contribution in [0.5, 0.6) is 5.75 Å². The van der Waals surface area contributed by atoms with Gasteiger partial charge in [-0.2, -0.15) is 0 Å². The molecule has 1 N–H and O–H groups in total. The fraction of sp³-hybridized carbons (Fsp3) is 0.186. The molecule has 0 fully saturated rings. The zero-order valence-electron chi connectivity index (χ0n) is 46.3. The number of para-hydroxylation sites is 1. The number of benzene rings is 7. The van der Waals surface area contributed by atoms with Crippen LogP contribution in [0, 0.1) is 6.07 Å². The van der Waals surface area contributed by atoms with E-state index in [1.54, 1.807) is 6.20 Å². The van der Waals surface area contributed by atoms with Crippen LogP contribution in [0.1, 0.15) is 91.5 Å². The minimum atomic E-state index is -3.55. The summed E-state index contributed by atoms with van der Waals surface area (Å²) in [7, 11) is 0. The number of pyridine rings is 1. The minimum Gasteiger partial charge on any atom is -0.507 e. The van der Waals surface area contributed by atoms with Crippen LogP contribution in [0.2, 0.25) is 0 Å². The summed E-state index contributed by atoms with van der Waals surface area (Å²) in [5.41, 5.74) is 7.43. The number of phenols is 1. The molecule has 0 aliphatic carbocycles. The molecule has 9 aromatic rings. The van der Waals surface area contributed by atoms with Gasteiger partial charge in [0.25, 0.3) is 0 Å². The van der Waals surface area contributed by atoms with Crippen LogP contribution in [-0.2, 0) is 31.9 Å². The number of rotatable bonds is 8. The quantitative estimate of drug-likeness (QED) is 0.154. The van der Waals surface area contributed by atoms with Gasteiger partial charge in [0.15, 0.2) is 0 Å². The minimum absolute atomic E-state index is 0. The van der Waals surface area contributed by atoms with Crippen molar-refractivity contribution < 1.29 is 39.9 Å². The second-order valence-corrected chi connectivity index (χ2v) is 17.3. The molecule has 0 spiro atoms. The third-order valence-electron chi connectivity index (χ3n) is 11.6. The maximum atomic E-state index is 12.0. The van der Waals surface area contributed by atoms with Gasteiger partial charge in [0.2, 0.25) is 0 Å². The normalized spacial score (nSPS) is 14.9. The van der Waals surface area contributed by atoms with Crippen LogP contribution in [0.4, 0.5) is 0 Å². The molecule has 2 heterocycles. The fourth-order valence-corrected chi connectivity index (χ4v) is 8.14. The van der Waals surface area contributed by atoms with E-state index in [-0.39, 0.29) is 43.6 Å². The van der Waals surface area contributed by atoms with Gasteiger partial charge >= 0.3 is 0 Å². The van der Waals surface area contributed by atoms with E-state index in [9.17, 15) is 5.11 Å². The number of phenolic OH excluding ortho intramolecular Hbond substituents is 1. The summed E-state index contributed by atoms with van der Waals surface area (Å²) in [5.74, 6) is -1.03. The molecule has 4 nitrogen and oxygen atoms in total. The molecule has 0 aliphatic rings. The Hall–Kier alpha value is -6.35. The molecule has 7 aromatic carbocycles. The van der Waals surface area contributed by atoms with Crippen molar-refractivity contribution in [3.05, 3.63) is 193 Å². The van der Waals surface area contributed by atoms with Crippen LogP contribution in [0.25, 0.3) is 83.9 Å². The smallest absolute Gasteiger partial charge is 0.148 e. The van der Waals surface area contributed by atoms with Gasteiger partial charge < -0.3 is 5.11 Å².